The van der Waals surface area contributed by atoms with E-state index in [0.717, 1.165) is 11.1 Å². The first-order valence-corrected chi connectivity index (χ1v) is 10.5. The van der Waals surface area contributed by atoms with Crippen LogP contribution in [0.5, 0.6) is 0 Å². The van der Waals surface area contributed by atoms with Gasteiger partial charge in [-0.2, -0.15) is 0 Å². The lowest BCUT2D eigenvalue weighted by molar-refractivity contribution is -0.384. The maximum atomic E-state index is 12.8. The lowest BCUT2D eigenvalue weighted by atomic mass is 10.1. The van der Waals surface area contributed by atoms with Gasteiger partial charge in [-0.15, -0.1) is 0 Å². The van der Waals surface area contributed by atoms with Crippen molar-refractivity contribution in [1.29, 1.82) is 0 Å². The summed E-state index contributed by atoms with van der Waals surface area (Å²) in [6.45, 7) is 1.91. The summed E-state index contributed by atoms with van der Waals surface area (Å²) in [5, 5.41) is 16.4. The van der Waals surface area contributed by atoms with Crippen molar-refractivity contribution in [2.24, 2.45) is 0 Å². The zero-order valence-corrected chi connectivity index (χ0v) is 18.1. The molecule has 2 atom stereocenters. The summed E-state index contributed by atoms with van der Waals surface area (Å²) in [7, 11) is 0. The van der Waals surface area contributed by atoms with Gasteiger partial charge in [-0.1, -0.05) is 72.8 Å². The predicted molar refractivity (Wildman–Crippen MR) is 123 cm³/mol. The summed E-state index contributed by atoms with van der Waals surface area (Å²) >= 11 is 0. The molecule has 0 aromatic heterocycles. The zero-order chi connectivity index (χ0) is 23.6. The first-order chi connectivity index (χ1) is 15.9. The van der Waals surface area contributed by atoms with E-state index in [2.05, 4.69) is 10.6 Å². The van der Waals surface area contributed by atoms with Crippen molar-refractivity contribution in [2.45, 2.75) is 32.0 Å². The van der Waals surface area contributed by atoms with Crippen LogP contribution in [0.15, 0.2) is 84.9 Å². The molecule has 0 bridgehead atoms. The highest BCUT2D eigenvalue weighted by atomic mass is 16.6. The summed E-state index contributed by atoms with van der Waals surface area (Å²) in [4.78, 5) is 35.8. The number of carbonyl (C=O) groups excluding carboxylic acids is 2. The van der Waals surface area contributed by atoms with Crippen LogP contribution in [0.3, 0.4) is 0 Å². The molecule has 3 aromatic carbocycles. The minimum Gasteiger partial charge on any atom is -0.459 e. The lowest BCUT2D eigenvalue weighted by Gasteiger charge is -2.20. The van der Waals surface area contributed by atoms with E-state index in [1.54, 1.807) is 12.1 Å². The van der Waals surface area contributed by atoms with E-state index in [9.17, 15) is 19.7 Å². The molecule has 8 heteroatoms. The number of rotatable bonds is 9. The Morgan fingerprint density at radius 1 is 0.879 bits per heavy atom. The maximum absolute atomic E-state index is 12.8. The number of nitro benzene ring substituents is 1. The molecule has 2 N–H and O–H groups in total. The molecule has 33 heavy (non-hydrogen) atoms. The third-order valence-corrected chi connectivity index (χ3v) is 5.05. The molecule has 3 rings (SSSR count). The fraction of sp³-hybridized carbons (Fsp3) is 0.200. The first-order valence-electron chi connectivity index (χ1n) is 10.5. The van der Waals surface area contributed by atoms with Gasteiger partial charge in [0.2, 0.25) is 0 Å². The first kappa shape index (κ1) is 23.5. The van der Waals surface area contributed by atoms with Crippen LogP contribution in [-0.2, 0) is 22.6 Å². The van der Waals surface area contributed by atoms with E-state index in [4.69, 9.17) is 4.74 Å². The van der Waals surface area contributed by atoms with E-state index < -0.39 is 23.0 Å². The second-order valence-corrected chi connectivity index (χ2v) is 7.52. The van der Waals surface area contributed by atoms with Crippen LogP contribution in [0.2, 0.25) is 0 Å². The Hall–Kier alpha value is -4.20. The van der Waals surface area contributed by atoms with Gasteiger partial charge in [-0.3, -0.25) is 10.1 Å². The third-order valence-electron chi connectivity index (χ3n) is 5.05. The monoisotopic (exact) mass is 447 g/mol. The highest BCUT2D eigenvalue weighted by molar-refractivity contribution is 5.84. The van der Waals surface area contributed by atoms with Crippen molar-refractivity contribution < 1.29 is 19.2 Å². The SMILES string of the molecule is CC(NC(=O)N[C@@H](Cc1ccc([N+](=O)[O-])cc1)C(=O)OCc1ccccc1)c1ccccc1. The van der Waals surface area contributed by atoms with Crippen LogP contribution in [0, 0.1) is 10.1 Å². The molecule has 0 heterocycles. The largest absolute Gasteiger partial charge is 0.459 e. The van der Waals surface area contributed by atoms with Gasteiger partial charge in [0.25, 0.3) is 5.69 Å². The molecular formula is C25H25N3O5. The molecule has 0 aliphatic rings. The van der Waals surface area contributed by atoms with Crippen molar-refractivity contribution in [3.8, 4) is 0 Å². The minimum atomic E-state index is -0.974. The van der Waals surface area contributed by atoms with E-state index in [1.165, 1.54) is 12.1 Å². The van der Waals surface area contributed by atoms with E-state index >= 15 is 0 Å². The topological polar surface area (TPSA) is 111 Å². The quantitative estimate of drug-likeness (QED) is 0.288. The van der Waals surface area contributed by atoms with Crippen LogP contribution in [0.4, 0.5) is 10.5 Å². The average molecular weight is 447 g/mol. The van der Waals surface area contributed by atoms with Gasteiger partial charge < -0.3 is 15.4 Å². The second-order valence-electron chi connectivity index (χ2n) is 7.52. The Kier molecular flexibility index (Phi) is 8.13. The number of non-ortho nitro benzene ring substituents is 1. The number of esters is 1. The molecule has 0 saturated heterocycles. The Morgan fingerprint density at radius 2 is 1.48 bits per heavy atom. The summed E-state index contributed by atoms with van der Waals surface area (Å²) in [5.74, 6) is -0.597. The molecule has 0 aliphatic carbocycles. The number of hydrogen-bond donors (Lipinski definition) is 2. The minimum absolute atomic E-state index is 0.0515. The number of nitrogens with one attached hydrogen (secondary N) is 2. The number of ether oxygens (including phenoxy) is 1. The van der Waals surface area contributed by atoms with Gasteiger partial charge >= 0.3 is 12.0 Å². The molecule has 3 aromatic rings. The molecule has 170 valence electrons. The van der Waals surface area contributed by atoms with Crippen molar-refractivity contribution in [3.05, 3.63) is 112 Å². The van der Waals surface area contributed by atoms with Crippen LogP contribution in [-0.4, -0.2) is 23.0 Å². The standard InChI is InChI=1S/C25H25N3O5/c1-18(21-10-6-3-7-11-21)26-25(30)27-23(16-19-12-14-22(15-13-19)28(31)32)24(29)33-17-20-8-4-2-5-9-20/h2-15,18,23H,16-17H2,1H3,(H2,26,27,30)/t18?,23-/m0/s1. The molecular weight excluding hydrogens is 422 g/mol. The Labute approximate surface area is 191 Å². The fourth-order valence-corrected chi connectivity index (χ4v) is 3.23. The summed E-state index contributed by atoms with van der Waals surface area (Å²) in [5.41, 5.74) is 2.34. The van der Waals surface area contributed by atoms with E-state index in [0.29, 0.717) is 5.56 Å². The number of carbonyl (C=O) groups is 2. The smallest absolute Gasteiger partial charge is 0.329 e. The fourth-order valence-electron chi connectivity index (χ4n) is 3.23. The molecule has 0 radical (unpaired) electrons. The van der Waals surface area contributed by atoms with Crippen LogP contribution >= 0.6 is 0 Å². The van der Waals surface area contributed by atoms with E-state index in [1.807, 2.05) is 67.6 Å². The van der Waals surface area contributed by atoms with Crippen molar-refractivity contribution in [1.82, 2.24) is 10.6 Å². The van der Waals surface area contributed by atoms with Crippen LogP contribution in [0.25, 0.3) is 0 Å². The maximum Gasteiger partial charge on any atom is 0.329 e. The van der Waals surface area contributed by atoms with Gasteiger partial charge in [0, 0.05) is 18.6 Å². The number of benzene rings is 3. The molecule has 8 nitrogen and oxygen atoms in total. The van der Waals surface area contributed by atoms with Gasteiger partial charge in [0.05, 0.1) is 11.0 Å². The number of nitrogens with zero attached hydrogens (tertiary/aromatic N) is 1. The molecule has 0 saturated carbocycles. The zero-order valence-electron chi connectivity index (χ0n) is 18.1. The Bertz CT molecular complexity index is 1070. The van der Waals surface area contributed by atoms with Gasteiger partial charge in [-0.05, 0) is 23.6 Å². The van der Waals surface area contributed by atoms with Crippen molar-refractivity contribution >= 4 is 17.7 Å². The highest BCUT2D eigenvalue weighted by Gasteiger charge is 2.24. The van der Waals surface area contributed by atoms with Crippen LogP contribution < -0.4 is 10.6 Å². The molecule has 0 fully saturated rings. The second kappa shape index (κ2) is 11.4. The van der Waals surface area contributed by atoms with Crippen molar-refractivity contribution in [3.63, 3.8) is 0 Å². The average Bonchev–Trinajstić information content (AvgIpc) is 2.83. The molecule has 0 aliphatic heterocycles. The lowest BCUT2D eigenvalue weighted by Crippen LogP contribution is -2.48. The number of urea groups is 1. The van der Waals surface area contributed by atoms with Crippen LogP contribution in [0.1, 0.15) is 29.7 Å². The molecule has 0 spiro atoms. The number of hydrogen-bond acceptors (Lipinski definition) is 5. The summed E-state index contributed by atoms with van der Waals surface area (Å²) < 4.78 is 5.43. The summed E-state index contributed by atoms with van der Waals surface area (Å²) in [6, 6.07) is 22.7. The van der Waals surface area contributed by atoms with Gasteiger partial charge in [-0.25, -0.2) is 9.59 Å². The van der Waals surface area contributed by atoms with Gasteiger partial charge in [0.1, 0.15) is 12.6 Å². The normalized spacial score (nSPS) is 12.3. The number of amides is 2. The number of nitro groups is 1. The Balaban J connectivity index is 1.68. The summed E-state index contributed by atoms with van der Waals surface area (Å²) in [6.07, 6.45) is 0.124. The Morgan fingerprint density at radius 3 is 2.09 bits per heavy atom. The molecule has 2 amide bonds. The third kappa shape index (κ3) is 7.17. The predicted octanol–water partition coefficient (Wildman–Crippen LogP) is 4.31. The highest BCUT2D eigenvalue weighted by Crippen LogP contribution is 2.15. The molecule has 1 unspecified atom stereocenters. The van der Waals surface area contributed by atoms with Gasteiger partial charge in [0.15, 0.2) is 0 Å². The van der Waals surface area contributed by atoms with Crippen molar-refractivity contribution in [2.75, 3.05) is 0 Å². The van der Waals surface area contributed by atoms with E-state index in [-0.39, 0.29) is 24.8 Å².